The number of hydrogen-bond acceptors (Lipinski definition) is 6. The number of cyclic esters (lactones) is 1. The highest BCUT2D eigenvalue weighted by molar-refractivity contribution is 6.33. The maximum Gasteiger partial charge on any atom is 0.342 e. The van der Waals surface area contributed by atoms with Crippen LogP contribution in [-0.2, 0) is 16.0 Å². The van der Waals surface area contributed by atoms with Crippen LogP contribution in [0.5, 0.6) is 11.5 Å². The molecule has 3 N–H and O–H groups in total. The molecule has 1 heterocycles. The van der Waals surface area contributed by atoms with Gasteiger partial charge in [-0.1, -0.05) is 29.8 Å². The van der Waals surface area contributed by atoms with Crippen molar-refractivity contribution in [2.24, 2.45) is 0 Å². The van der Waals surface area contributed by atoms with Gasteiger partial charge in [0.05, 0.1) is 11.1 Å². The van der Waals surface area contributed by atoms with E-state index in [2.05, 4.69) is 0 Å². The zero-order valence-corrected chi connectivity index (χ0v) is 14.4. The van der Waals surface area contributed by atoms with Crippen LogP contribution in [0.3, 0.4) is 0 Å². The monoisotopic (exact) mass is 366 g/mol. The van der Waals surface area contributed by atoms with Crippen molar-refractivity contribution >= 4 is 23.4 Å². The molecular weight excluding hydrogens is 348 g/mol. The Morgan fingerprint density at radius 2 is 1.88 bits per heavy atom. The van der Waals surface area contributed by atoms with Crippen LogP contribution in [0.1, 0.15) is 35.7 Å². The topological polar surface area (TPSA) is 104 Å². The lowest BCUT2D eigenvalue weighted by atomic mass is 9.99. The van der Waals surface area contributed by atoms with Crippen LogP contribution in [0, 0.1) is 0 Å². The van der Waals surface area contributed by atoms with E-state index in [9.17, 15) is 24.9 Å². The van der Waals surface area contributed by atoms with Crippen molar-refractivity contribution < 1.29 is 29.6 Å². The summed E-state index contributed by atoms with van der Waals surface area (Å²) < 4.78 is 5.27. The minimum Gasteiger partial charge on any atom is -0.507 e. The van der Waals surface area contributed by atoms with Crippen LogP contribution in [0.25, 0.3) is 0 Å². The summed E-state index contributed by atoms with van der Waals surface area (Å²) in [7, 11) is 0. The highest BCUT2D eigenvalue weighted by atomic mass is 35.5. The Labute approximate surface area is 150 Å². The van der Waals surface area contributed by atoms with Gasteiger partial charge in [0.2, 0.25) is 0 Å². The molecule has 0 saturated heterocycles. The van der Waals surface area contributed by atoms with E-state index >= 15 is 0 Å². The average molecular weight is 367 g/mol. The maximum absolute atomic E-state index is 12.4. The molecule has 0 bridgehead atoms. The van der Waals surface area contributed by atoms with Crippen LogP contribution >= 0.6 is 11.6 Å². The lowest BCUT2D eigenvalue weighted by molar-refractivity contribution is -0.114. The predicted octanol–water partition coefficient (Wildman–Crippen LogP) is 2.68. The summed E-state index contributed by atoms with van der Waals surface area (Å²) in [6.45, 7) is 1.66. The smallest absolute Gasteiger partial charge is 0.342 e. The Hall–Kier alpha value is -2.31. The molecule has 0 saturated carbocycles. The Kier molecular flexibility index (Phi) is 6.22. The van der Waals surface area contributed by atoms with E-state index in [0.717, 1.165) is 6.07 Å². The number of carbonyl (C=O) groups is 2. The van der Waals surface area contributed by atoms with Gasteiger partial charge in [-0.15, -0.1) is 0 Å². The molecule has 1 aromatic rings. The number of halogens is 1. The zero-order valence-electron chi connectivity index (χ0n) is 13.6. The van der Waals surface area contributed by atoms with Gasteiger partial charge in [0.15, 0.2) is 5.78 Å². The Bertz CT molecular complexity index is 738. The molecule has 2 rings (SSSR count). The van der Waals surface area contributed by atoms with E-state index in [1.165, 1.54) is 12.2 Å². The molecule has 0 radical (unpaired) electrons. The first kappa shape index (κ1) is 19.0. The van der Waals surface area contributed by atoms with E-state index in [-0.39, 0.29) is 29.0 Å². The van der Waals surface area contributed by atoms with Crippen LogP contribution in [0.15, 0.2) is 30.4 Å². The molecule has 1 aliphatic rings. The van der Waals surface area contributed by atoms with Crippen LogP contribution in [0.2, 0.25) is 5.02 Å². The fourth-order valence-corrected chi connectivity index (χ4v) is 2.66. The van der Waals surface area contributed by atoms with Crippen molar-refractivity contribution in [2.75, 3.05) is 0 Å². The first-order chi connectivity index (χ1) is 11.8. The fourth-order valence-electron chi connectivity index (χ4n) is 2.45. The second kappa shape index (κ2) is 8.18. The molecule has 0 unspecified atom stereocenters. The van der Waals surface area contributed by atoms with E-state index < -0.39 is 35.5 Å². The quantitative estimate of drug-likeness (QED) is 0.481. The van der Waals surface area contributed by atoms with Crippen molar-refractivity contribution in [3.63, 3.8) is 0 Å². The van der Waals surface area contributed by atoms with Gasteiger partial charge in [-0.3, -0.25) is 4.79 Å². The van der Waals surface area contributed by atoms with Gasteiger partial charge in [-0.2, -0.15) is 0 Å². The first-order valence-corrected chi connectivity index (χ1v) is 8.15. The van der Waals surface area contributed by atoms with Crippen molar-refractivity contribution in [1.82, 2.24) is 0 Å². The van der Waals surface area contributed by atoms with E-state index in [0.29, 0.717) is 6.42 Å². The molecule has 7 heteroatoms. The van der Waals surface area contributed by atoms with Gasteiger partial charge in [0.25, 0.3) is 0 Å². The number of aliphatic hydroxyl groups excluding tert-OH is 1. The number of phenols is 2. The number of benzene rings is 1. The molecule has 0 aliphatic carbocycles. The molecule has 1 aromatic carbocycles. The molecule has 0 aromatic heterocycles. The molecule has 0 fully saturated rings. The fraction of sp³-hybridized carbons (Fsp3) is 0.333. The Morgan fingerprint density at radius 3 is 2.60 bits per heavy atom. The molecule has 134 valence electrons. The van der Waals surface area contributed by atoms with Gasteiger partial charge in [-0.05, 0) is 19.4 Å². The summed E-state index contributed by atoms with van der Waals surface area (Å²) in [5.41, 5.74) is -0.239. The van der Waals surface area contributed by atoms with E-state index in [1.807, 2.05) is 0 Å². The average Bonchev–Trinajstić information content (AvgIpc) is 2.51. The number of fused-ring (bicyclic) bond motifs is 1. The second-order valence-corrected chi connectivity index (χ2v) is 6.19. The van der Waals surface area contributed by atoms with Crippen molar-refractivity contribution in [3.05, 3.63) is 46.5 Å². The molecule has 0 amide bonds. The lowest BCUT2D eigenvalue weighted by Gasteiger charge is -2.16. The number of hydrogen-bond donors (Lipinski definition) is 3. The molecular formula is C18H19ClO6. The summed E-state index contributed by atoms with van der Waals surface area (Å²) >= 11 is 6.03. The first-order valence-electron chi connectivity index (χ1n) is 7.78. The molecule has 2 atom stereocenters. The third-order valence-corrected chi connectivity index (χ3v) is 4.11. The largest absolute Gasteiger partial charge is 0.507 e. The number of rotatable bonds is 0. The number of carbonyl (C=O) groups excluding carboxylic acids is 2. The van der Waals surface area contributed by atoms with E-state index in [1.54, 1.807) is 19.1 Å². The van der Waals surface area contributed by atoms with Gasteiger partial charge in [0.1, 0.15) is 23.2 Å². The third kappa shape index (κ3) is 4.84. The molecule has 1 aliphatic heterocycles. The van der Waals surface area contributed by atoms with Gasteiger partial charge >= 0.3 is 5.97 Å². The van der Waals surface area contributed by atoms with Crippen molar-refractivity contribution in [1.29, 1.82) is 0 Å². The number of ketones is 1. The summed E-state index contributed by atoms with van der Waals surface area (Å²) in [4.78, 5) is 24.5. The lowest BCUT2D eigenvalue weighted by Crippen LogP contribution is -2.18. The summed E-state index contributed by atoms with van der Waals surface area (Å²) in [6, 6.07) is 0.937. The Balaban J connectivity index is 2.49. The highest BCUT2D eigenvalue weighted by Gasteiger charge is 2.25. The highest BCUT2D eigenvalue weighted by Crippen LogP contribution is 2.37. The minimum atomic E-state index is -0.843. The van der Waals surface area contributed by atoms with Crippen LogP contribution in [-0.4, -0.2) is 39.3 Å². The van der Waals surface area contributed by atoms with E-state index in [4.69, 9.17) is 16.3 Å². The van der Waals surface area contributed by atoms with Gasteiger partial charge < -0.3 is 20.1 Å². The normalized spacial score (nSPS) is 22.2. The maximum atomic E-state index is 12.4. The minimum absolute atomic E-state index is 0.000772. The van der Waals surface area contributed by atoms with Gasteiger partial charge in [-0.25, -0.2) is 4.79 Å². The number of phenolic OH excluding ortho intramolecular Hbond substituents is 2. The number of aromatic hydroxyl groups is 2. The summed E-state index contributed by atoms with van der Waals surface area (Å²) in [6.07, 6.45) is 5.06. The number of esters is 1. The van der Waals surface area contributed by atoms with Gasteiger partial charge in [0, 0.05) is 24.5 Å². The third-order valence-electron chi connectivity index (χ3n) is 3.69. The summed E-state index contributed by atoms with van der Waals surface area (Å²) in [5.74, 6) is -2.19. The summed E-state index contributed by atoms with van der Waals surface area (Å²) in [5, 5.41) is 29.4. The molecule has 6 nitrogen and oxygen atoms in total. The molecule has 0 spiro atoms. The molecule has 25 heavy (non-hydrogen) atoms. The van der Waals surface area contributed by atoms with Crippen molar-refractivity contribution in [2.45, 2.75) is 38.4 Å². The zero-order chi connectivity index (χ0) is 18.6. The van der Waals surface area contributed by atoms with Crippen molar-refractivity contribution in [3.8, 4) is 11.5 Å². The standard InChI is InChI=1S/C18H19ClO6/c1-10-4-2-5-11(20)6-3-7-12(21)8-13-16(18(24)25-10)14(22)9-15(23)17(13)19/h2-3,5,7,9-11,20,22-23H,4,6,8H2,1H3/t10-,11-/m0/s1. The predicted molar refractivity (Wildman–Crippen MR) is 91.9 cm³/mol. The SMILES string of the molecule is C[C@H]1CC=C[C@H](O)CC=CC(=O)Cc2c(Cl)c(O)cc(O)c2C(=O)O1. The second-order valence-electron chi connectivity index (χ2n) is 5.81. The number of aliphatic hydroxyl groups is 1. The Morgan fingerprint density at radius 1 is 1.16 bits per heavy atom. The number of ether oxygens (including phenoxy) is 1. The number of allylic oxidation sites excluding steroid dienone is 1. The van der Waals surface area contributed by atoms with Crippen LogP contribution < -0.4 is 0 Å². The van der Waals surface area contributed by atoms with Crippen LogP contribution in [0.4, 0.5) is 0 Å².